The van der Waals surface area contributed by atoms with Crippen LogP contribution < -0.4 is 15.1 Å². The fourth-order valence-corrected chi connectivity index (χ4v) is 1.76. The lowest BCUT2D eigenvalue weighted by atomic mass is 10.2. The van der Waals surface area contributed by atoms with Crippen molar-refractivity contribution in [1.29, 1.82) is 0 Å². The van der Waals surface area contributed by atoms with Crippen molar-refractivity contribution in [3.8, 4) is 17.2 Å². The van der Waals surface area contributed by atoms with Crippen molar-refractivity contribution < 1.29 is 24.1 Å². The van der Waals surface area contributed by atoms with Crippen LogP contribution in [0.25, 0.3) is 11.0 Å². The molecule has 0 amide bonds. The zero-order chi connectivity index (χ0) is 16.1. The normalized spacial score (nSPS) is 11.0. The third-order valence-electron chi connectivity index (χ3n) is 2.72. The van der Waals surface area contributed by atoms with Crippen LogP contribution >= 0.6 is 0 Å². The van der Waals surface area contributed by atoms with Crippen LogP contribution in [0.1, 0.15) is 6.92 Å². The second-order valence-corrected chi connectivity index (χ2v) is 4.54. The van der Waals surface area contributed by atoms with Gasteiger partial charge in [-0.05, 0) is 25.1 Å². The molecule has 1 aromatic heterocycles. The molecule has 0 aliphatic heterocycles. The summed E-state index contributed by atoms with van der Waals surface area (Å²) in [6.45, 7) is 5.27. The summed E-state index contributed by atoms with van der Waals surface area (Å²) in [7, 11) is 0. The van der Waals surface area contributed by atoms with Gasteiger partial charge in [0.2, 0.25) is 0 Å². The van der Waals surface area contributed by atoms with Gasteiger partial charge in [0, 0.05) is 0 Å². The molecule has 0 unspecified atom stereocenters. The first-order valence-corrected chi connectivity index (χ1v) is 6.55. The summed E-state index contributed by atoms with van der Waals surface area (Å²) in [6, 6.07) is 4.76. The second kappa shape index (κ2) is 6.82. The van der Waals surface area contributed by atoms with Gasteiger partial charge in [-0.3, -0.25) is 0 Å². The number of benzene rings is 1. The van der Waals surface area contributed by atoms with Crippen LogP contribution in [0.2, 0.25) is 0 Å². The Bertz CT molecular complexity index is 772. The predicted molar refractivity (Wildman–Crippen MR) is 81.3 cm³/mol. The number of allylic oxidation sites excluding steroid dienone is 2. The number of aliphatic hydroxyl groups is 1. The minimum Gasteiger partial charge on any atom is -0.504 e. The highest BCUT2D eigenvalue weighted by Gasteiger charge is 2.17. The molecule has 0 saturated heterocycles. The predicted octanol–water partition coefficient (Wildman–Crippen LogP) is 2.34. The van der Waals surface area contributed by atoms with Crippen molar-refractivity contribution in [2.45, 2.75) is 6.92 Å². The van der Waals surface area contributed by atoms with Crippen LogP contribution in [-0.4, -0.2) is 23.4 Å². The number of aromatic hydroxyl groups is 1. The van der Waals surface area contributed by atoms with Gasteiger partial charge in [0.05, 0.1) is 18.3 Å². The fourth-order valence-electron chi connectivity index (χ4n) is 1.76. The maximum atomic E-state index is 11.9. The van der Waals surface area contributed by atoms with Crippen LogP contribution in [0, 0.1) is 0 Å². The number of hydrogen-bond acceptors (Lipinski definition) is 6. The average Bonchev–Trinajstić information content (AvgIpc) is 2.48. The molecule has 2 rings (SSSR count). The summed E-state index contributed by atoms with van der Waals surface area (Å²) >= 11 is 0. The lowest BCUT2D eigenvalue weighted by Crippen LogP contribution is -2.06. The number of hydrogen-bond donors (Lipinski definition) is 2. The average molecular weight is 304 g/mol. The van der Waals surface area contributed by atoms with Gasteiger partial charge < -0.3 is 24.1 Å². The Morgan fingerprint density at radius 2 is 2.23 bits per heavy atom. The molecule has 2 aromatic rings. The second-order valence-electron chi connectivity index (χ2n) is 4.54. The van der Waals surface area contributed by atoms with Crippen LogP contribution in [0.3, 0.4) is 0 Å². The summed E-state index contributed by atoms with van der Waals surface area (Å²) < 4.78 is 15.6. The maximum Gasteiger partial charge on any atom is 0.383 e. The lowest BCUT2D eigenvalue weighted by molar-refractivity contribution is 0.201. The quantitative estimate of drug-likeness (QED) is 0.484. The van der Waals surface area contributed by atoms with E-state index in [1.54, 1.807) is 31.2 Å². The highest BCUT2D eigenvalue weighted by molar-refractivity contribution is 5.89. The largest absolute Gasteiger partial charge is 0.504 e. The van der Waals surface area contributed by atoms with E-state index in [0.717, 1.165) is 5.57 Å². The SMILES string of the molecule is C=C(C)C=COc1c(O)c2cccc(OCCO)c2oc1=O. The zero-order valence-corrected chi connectivity index (χ0v) is 12.0. The van der Waals surface area contributed by atoms with E-state index in [1.807, 2.05) is 0 Å². The van der Waals surface area contributed by atoms with Crippen LogP contribution in [0.15, 0.2) is 51.9 Å². The molecule has 2 N–H and O–H groups in total. The first-order chi connectivity index (χ1) is 10.5. The molecule has 1 aromatic carbocycles. The molecule has 0 saturated carbocycles. The number of fused-ring (bicyclic) bond motifs is 1. The number of ether oxygens (including phenoxy) is 2. The number of para-hydroxylation sites is 1. The van der Waals surface area contributed by atoms with E-state index in [-0.39, 0.29) is 41.4 Å². The van der Waals surface area contributed by atoms with E-state index in [0.29, 0.717) is 0 Å². The molecular formula is C16H16O6. The van der Waals surface area contributed by atoms with Crippen LogP contribution in [0.4, 0.5) is 0 Å². The molecule has 6 nitrogen and oxygen atoms in total. The molecule has 6 heteroatoms. The fraction of sp³-hybridized carbons (Fsp3) is 0.188. The van der Waals surface area contributed by atoms with Crippen molar-refractivity contribution in [2.24, 2.45) is 0 Å². The summed E-state index contributed by atoms with van der Waals surface area (Å²) in [4.78, 5) is 11.9. The molecule has 0 fully saturated rings. The molecule has 0 aliphatic rings. The van der Waals surface area contributed by atoms with E-state index >= 15 is 0 Å². The summed E-state index contributed by atoms with van der Waals surface area (Å²) in [5.41, 5.74) is -0.0181. The molecule has 0 aliphatic carbocycles. The minimum absolute atomic E-state index is 0.0448. The van der Waals surface area contributed by atoms with Gasteiger partial charge in [0.1, 0.15) is 6.61 Å². The van der Waals surface area contributed by atoms with Gasteiger partial charge >= 0.3 is 5.63 Å². The van der Waals surface area contributed by atoms with Gasteiger partial charge in [0.25, 0.3) is 5.75 Å². The van der Waals surface area contributed by atoms with Crippen LogP contribution in [0.5, 0.6) is 17.2 Å². The number of rotatable bonds is 6. The Labute approximate surface area is 126 Å². The van der Waals surface area contributed by atoms with Gasteiger partial charge in [-0.15, -0.1) is 0 Å². The molecule has 0 bridgehead atoms. The zero-order valence-electron chi connectivity index (χ0n) is 12.0. The molecule has 0 radical (unpaired) electrons. The lowest BCUT2D eigenvalue weighted by Gasteiger charge is -2.09. The molecular weight excluding hydrogens is 288 g/mol. The van der Waals surface area contributed by atoms with Gasteiger partial charge in [-0.25, -0.2) is 4.79 Å². The van der Waals surface area contributed by atoms with Gasteiger partial charge in [-0.1, -0.05) is 18.2 Å². The summed E-state index contributed by atoms with van der Waals surface area (Å²) in [5, 5.41) is 19.3. The van der Waals surface area contributed by atoms with E-state index in [9.17, 15) is 9.90 Å². The Balaban J connectivity index is 2.49. The standard InChI is InChI=1S/C16H16O6/c1-10(2)6-8-21-15-13(18)11-4-3-5-12(20-9-7-17)14(11)22-16(15)19/h3-6,8,17-18H,1,7,9H2,2H3. The van der Waals surface area contributed by atoms with Crippen LogP contribution in [-0.2, 0) is 0 Å². The molecule has 22 heavy (non-hydrogen) atoms. The van der Waals surface area contributed by atoms with E-state index < -0.39 is 5.63 Å². The number of aliphatic hydroxyl groups excluding tert-OH is 1. The maximum absolute atomic E-state index is 11.9. The highest BCUT2D eigenvalue weighted by atomic mass is 16.5. The Hall–Kier alpha value is -2.73. The molecule has 116 valence electrons. The van der Waals surface area contributed by atoms with E-state index in [2.05, 4.69) is 6.58 Å². The third kappa shape index (κ3) is 3.29. The smallest absolute Gasteiger partial charge is 0.383 e. The van der Waals surface area contributed by atoms with E-state index in [1.165, 1.54) is 6.26 Å². The third-order valence-corrected chi connectivity index (χ3v) is 2.72. The molecule has 0 spiro atoms. The van der Waals surface area contributed by atoms with Crippen molar-refractivity contribution in [2.75, 3.05) is 13.2 Å². The van der Waals surface area contributed by atoms with Gasteiger partial charge in [0.15, 0.2) is 17.1 Å². The van der Waals surface area contributed by atoms with Crippen molar-refractivity contribution in [1.82, 2.24) is 0 Å². The Morgan fingerprint density at radius 3 is 2.91 bits per heavy atom. The first kappa shape index (κ1) is 15.7. The van der Waals surface area contributed by atoms with Gasteiger partial charge in [-0.2, -0.15) is 0 Å². The summed E-state index contributed by atoms with van der Waals surface area (Å²) in [5.74, 6) is -0.403. The minimum atomic E-state index is -0.837. The van der Waals surface area contributed by atoms with Crippen molar-refractivity contribution in [3.63, 3.8) is 0 Å². The Morgan fingerprint density at radius 1 is 1.45 bits per heavy atom. The summed E-state index contributed by atoms with van der Waals surface area (Å²) in [6.07, 6.45) is 2.79. The first-order valence-electron chi connectivity index (χ1n) is 6.55. The topological polar surface area (TPSA) is 89.1 Å². The highest BCUT2D eigenvalue weighted by Crippen LogP contribution is 2.35. The monoisotopic (exact) mass is 304 g/mol. The van der Waals surface area contributed by atoms with Crippen molar-refractivity contribution in [3.05, 3.63) is 53.1 Å². The Kier molecular flexibility index (Phi) is 4.85. The van der Waals surface area contributed by atoms with E-state index in [4.69, 9.17) is 19.0 Å². The molecule has 1 heterocycles. The van der Waals surface area contributed by atoms with Crippen molar-refractivity contribution >= 4 is 11.0 Å². The molecule has 0 atom stereocenters.